The van der Waals surface area contributed by atoms with Gasteiger partial charge in [0.25, 0.3) is 0 Å². The number of aliphatic carboxylic acids is 1. The number of hydrogen-bond acceptors (Lipinski definition) is 3. The summed E-state index contributed by atoms with van der Waals surface area (Å²) in [6.07, 6.45) is 0.227. The molecule has 0 aliphatic carbocycles. The summed E-state index contributed by atoms with van der Waals surface area (Å²) < 4.78 is 10.5. The minimum atomic E-state index is -0.877. The highest BCUT2D eigenvalue weighted by Crippen LogP contribution is 2.25. The molecule has 0 radical (unpaired) electrons. The highest BCUT2D eigenvalue weighted by atomic mass is 16.6. The molecule has 4 nitrogen and oxygen atoms in total. The Bertz CT molecular complexity index is 404. The Labute approximate surface area is 100 Å². The van der Waals surface area contributed by atoms with Crippen LogP contribution in [0.15, 0.2) is 24.3 Å². The third-order valence-electron chi connectivity index (χ3n) is 2.95. The maximum atomic E-state index is 11.1. The molecule has 0 saturated carbocycles. The molecule has 2 rings (SSSR count). The van der Waals surface area contributed by atoms with E-state index in [1.165, 1.54) is 0 Å². The van der Waals surface area contributed by atoms with Crippen LogP contribution in [0, 0.1) is 0 Å². The van der Waals surface area contributed by atoms with Gasteiger partial charge in [-0.25, -0.2) is 0 Å². The van der Waals surface area contributed by atoms with E-state index in [1.54, 1.807) is 38.1 Å². The van der Waals surface area contributed by atoms with Gasteiger partial charge in [0.1, 0.15) is 18.5 Å². The second-order valence-electron chi connectivity index (χ2n) is 4.72. The molecule has 1 aromatic carbocycles. The summed E-state index contributed by atoms with van der Waals surface area (Å²) in [5, 5.41) is 9.10. The maximum Gasteiger partial charge on any atom is 0.313 e. The van der Waals surface area contributed by atoms with Crippen molar-refractivity contribution in [3.05, 3.63) is 29.8 Å². The summed E-state index contributed by atoms with van der Waals surface area (Å²) in [6.45, 7) is 4.69. The van der Waals surface area contributed by atoms with Gasteiger partial charge in [0.2, 0.25) is 0 Å². The van der Waals surface area contributed by atoms with Crippen LogP contribution in [0.5, 0.6) is 5.75 Å². The van der Waals surface area contributed by atoms with Crippen LogP contribution in [0.1, 0.15) is 19.4 Å². The number of hydrogen-bond donors (Lipinski definition) is 1. The predicted octanol–water partition coefficient (Wildman–Crippen LogP) is 1.83. The van der Waals surface area contributed by atoms with Gasteiger partial charge in [0.05, 0.1) is 12.0 Å². The number of carboxylic acid groups (broad SMARTS) is 1. The summed E-state index contributed by atoms with van der Waals surface area (Å²) >= 11 is 0. The number of carbonyl (C=O) groups is 1. The Hall–Kier alpha value is -1.55. The van der Waals surface area contributed by atoms with Crippen LogP contribution in [-0.2, 0) is 14.9 Å². The van der Waals surface area contributed by atoms with Gasteiger partial charge >= 0.3 is 5.97 Å². The lowest BCUT2D eigenvalue weighted by Gasteiger charge is -2.19. The van der Waals surface area contributed by atoms with Crippen molar-refractivity contribution in [3.63, 3.8) is 0 Å². The van der Waals surface area contributed by atoms with E-state index < -0.39 is 11.4 Å². The molecule has 1 saturated heterocycles. The van der Waals surface area contributed by atoms with Crippen LogP contribution >= 0.6 is 0 Å². The highest BCUT2D eigenvalue weighted by molar-refractivity contribution is 5.80. The van der Waals surface area contributed by atoms with Crippen molar-refractivity contribution in [1.29, 1.82) is 0 Å². The van der Waals surface area contributed by atoms with Gasteiger partial charge in [0.15, 0.2) is 0 Å². The molecule has 1 atom stereocenters. The molecule has 4 heteroatoms. The number of benzene rings is 1. The largest absolute Gasteiger partial charge is 0.491 e. The molecule has 1 aromatic rings. The van der Waals surface area contributed by atoms with Crippen molar-refractivity contribution >= 4 is 5.97 Å². The maximum absolute atomic E-state index is 11.1. The molecule has 0 bridgehead atoms. The van der Waals surface area contributed by atoms with E-state index in [0.717, 1.165) is 17.9 Å². The van der Waals surface area contributed by atoms with Crippen molar-refractivity contribution < 1.29 is 19.4 Å². The number of rotatable bonds is 5. The molecular formula is C13H16O4. The molecule has 1 aliphatic heterocycles. The quantitative estimate of drug-likeness (QED) is 0.792. The smallest absolute Gasteiger partial charge is 0.313 e. The first kappa shape index (κ1) is 11.9. The zero-order valence-electron chi connectivity index (χ0n) is 9.97. The number of epoxide rings is 1. The average Bonchev–Trinajstić information content (AvgIpc) is 3.10. The predicted molar refractivity (Wildman–Crippen MR) is 62.3 cm³/mol. The lowest BCUT2D eigenvalue weighted by molar-refractivity contribution is -0.142. The van der Waals surface area contributed by atoms with Gasteiger partial charge in [-0.3, -0.25) is 4.79 Å². The molecule has 1 unspecified atom stereocenters. The lowest BCUT2D eigenvalue weighted by atomic mass is 9.85. The molecule has 0 amide bonds. The van der Waals surface area contributed by atoms with E-state index in [4.69, 9.17) is 14.6 Å². The molecular weight excluding hydrogens is 220 g/mol. The van der Waals surface area contributed by atoms with E-state index in [1.807, 2.05) is 0 Å². The molecule has 17 heavy (non-hydrogen) atoms. The van der Waals surface area contributed by atoms with Crippen molar-refractivity contribution in [1.82, 2.24) is 0 Å². The Morgan fingerprint density at radius 2 is 2.06 bits per heavy atom. The summed E-state index contributed by atoms with van der Waals surface area (Å²) in [6, 6.07) is 7.17. The second kappa shape index (κ2) is 4.37. The Balaban J connectivity index is 2.03. The minimum Gasteiger partial charge on any atom is -0.491 e. The molecule has 0 spiro atoms. The first-order valence-corrected chi connectivity index (χ1v) is 5.58. The summed E-state index contributed by atoms with van der Waals surface area (Å²) in [4.78, 5) is 11.1. The monoisotopic (exact) mass is 236 g/mol. The van der Waals surface area contributed by atoms with Crippen LogP contribution in [-0.4, -0.2) is 30.4 Å². The minimum absolute atomic E-state index is 0.227. The Morgan fingerprint density at radius 1 is 1.47 bits per heavy atom. The van der Waals surface area contributed by atoms with Crippen LogP contribution < -0.4 is 4.74 Å². The summed E-state index contributed by atoms with van der Waals surface area (Å²) in [5.41, 5.74) is -0.113. The van der Waals surface area contributed by atoms with Crippen molar-refractivity contribution in [2.75, 3.05) is 13.2 Å². The standard InChI is InChI=1S/C13H16O4/c1-13(2,12(14)15)9-3-5-10(6-4-9)16-7-11-8-17-11/h3-6,11H,7-8H2,1-2H3,(H,14,15). The van der Waals surface area contributed by atoms with E-state index in [2.05, 4.69) is 0 Å². The molecule has 1 heterocycles. The van der Waals surface area contributed by atoms with Gasteiger partial charge in [0, 0.05) is 0 Å². The Morgan fingerprint density at radius 3 is 2.53 bits per heavy atom. The molecule has 92 valence electrons. The fraction of sp³-hybridized carbons (Fsp3) is 0.462. The third kappa shape index (κ3) is 2.77. The van der Waals surface area contributed by atoms with Gasteiger partial charge in [-0.1, -0.05) is 12.1 Å². The van der Waals surface area contributed by atoms with Crippen LogP contribution in [0.2, 0.25) is 0 Å². The fourth-order valence-electron chi connectivity index (χ4n) is 1.44. The zero-order chi connectivity index (χ0) is 12.5. The number of carboxylic acids is 1. The first-order chi connectivity index (χ1) is 8.00. The third-order valence-corrected chi connectivity index (χ3v) is 2.95. The van der Waals surface area contributed by atoms with Gasteiger partial charge < -0.3 is 14.6 Å². The summed E-state index contributed by atoms with van der Waals surface area (Å²) in [5.74, 6) is -0.0945. The second-order valence-corrected chi connectivity index (χ2v) is 4.72. The topological polar surface area (TPSA) is 59.1 Å². The van der Waals surface area contributed by atoms with Crippen LogP contribution in [0.4, 0.5) is 0 Å². The Kier molecular flexibility index (Phi) is 3.07. The SMILES string of the molecule is CC(C)(C(=O)O)c1ccc(OCC2CO2)cc1. The fourth-order valence-corrected chi connectivity index (χ4v) is 1.44. The lowest BCUT2D eigenvalue weighted by Crippen LogP contribution is -2.28. The summed E-state index contributed by atoms with van der Waals surface area (Å²) in [7, 11) is 0. The van der Waals surface area contributed by atoms with E-state index in [0.29, 0.717) is 6.61 Å². The van der Waals surface area contributed by atoms with Gasteiger partial charge in [-0.2, -0.15) is 0 Å². The molecule has 1 aliphatic rings. The molecule has 1 N–H and O–H groups in total. The van der Waals surface area contributed by atoms with Crippen molar-refractivity contribution in [3.8, 4) is 5.75 Å². The molecule has 0 aromatic heterocycles. The highest BCUT2D eigenvalue weighted by Gasteiger charge is 2.29. The van der Waals surface area contributed by atoms with Gasteiger partial charge in [-0.05, 0) is 31.5 Å². The first-order valence-electron chi connectivity index (χ1n) is 5.58. The number of ether oxygens (including phenoxy) is 2. The zero-order valence-corrected chi connectivity index (χ0v) is 9.97. The van der Waals surface area contributed by atoms with E-state index in [9.17, 15) is 4.79 Å². The van der Waals surface area contributed by atoms with Crippen molar-refractivity contribution in [2.24, 2.45) is 0 Å². The van der Waals surface area contributed by atoms with E-state index >= 15 is 0 Å². The average molecular weight is 236 g/mol. The van der Waals surface area contributed by atoms with Crippen LogP contribution in [0.3, 0.4) is 0 Å². The van der Waals surface area contributed by atoms with Gasteiger partial charge in [-0.15, -0.1) is 0 Å². The normalized spacial score (nSPS) is 18.8. The van der Waals surface area contributed by atoms with Crippen molar-refractivity contribution in [2.45, 2.75) is 25.4 Å². The van der Waals surface area contributed by atoms with E-state index in [-0.39, 0.29) is 6.10 Å². The molecule has 1 fully saturated rings. The van der Waals surface area contributed by atoms with Crippen LogP contribution in [0.25, 0.3) is 0 Å².